The lowest BCUT2D eigenvalue weighted by Crippen LogP contribution is -2.23. The van der Waals surface area contributed by atoms with Crippen LogP contribution >= 0.6 is 0 Å². The Hall–Kier alpha value is -1.76. The number of carbonyl (C=O) groups excluding carboxylic acids is 1. The Morgan fingerprint density at radius 2 is 2.10 bits per heavy atom. The van der Waals surface area contributed by atoms with E-state index in [9.17, 15) is 13.2 Å². The van der Waals surface area contributed by atoms with Gasteiger partial charge in [-0.05, 0) is 18.6 Å². The first kappa shape index (κ1) is 14.6. The molecule has 0 aromatic heterocycles. The van der Waals surface area contributed by atoms with Crippen molar-refractivity contribution in [2.75, 3.05) is 25.2 Å². The highest BCUT2D eigenvalue weighted by Gasteiger charge is 2.30. The molecule has 0 N–H and O–H groups in total. The van der Waals surface area contributed by atoms with Crippen LogP contribution in [0.5, 0.6) is 11.5 Å². The molecule has 1 fully saturated rings. The first-order valence-corrected chi connectivity index (χ1v) is 7.97. The molecular weight excluding hydrogens is 284 g/mol. The summed E-state index contributed by atoms with van der Waals surface area (Å²) in [5.74, 6) is 0.507. The van der Waals surface area contributed by atoms with Gasteiger partial charge in [0, 0.05) is 6.07 Å². The summed E-state index contributed by atoms with van der Waals surface area (Å²) in [4.78, 5) is 11.6. The SMILES string of the molecule is COc1cccc(OCC(=O)OC2CCS(=O)(=O)C2)c1. The summed E-state index contributed by atoms with van der Waals surface area (Å²) in [6.07, 6.45) is -0.200. The van der Waals surface area contributed by atoms with Gasteiger partial charge in [0.1, 0.15) is 17.6 Å². The molecular formula is C13H16O6S. The Kier molecular flexibility index (Phi) is 4.49. The van der Waals surface area contributed by atoms with E-state index in [0.29, 0.717) is 17.9 Å². The molecule has 1 aliphatic heterocycles. The summed E-state index contributed by atoms with van der Waals surface area (Å²) >= 11 is 0. The van der Waals surface area contributed by atoms with Gasteiger partial charge in [0.15, 0.2) is 16.4 Å². The van der Waals surface area contributed by atoms with Gasteiger partial charge in [-0.3, -0.25) is 0 Å². The Bertz CT molecular complexity index is 580. The van der Waals surface area contributed by atoms with Crippen LogP contribution in [0.25, 0.3) is 0 Å². The van der Waals surface area contributed by atoms with Crippen LogP contribution in [-0.4, -0.2) is 45.7 Å². The number of esters is 1. The maximum atomic E-state index is 11.6. The van der Waals surface area contributed by atoms with Crippen LogP contribution < -0.4 is 9.47 Å². The van der Waals surface area contributed by atoms with Crippen LogP contribution in [-0.2, 0) is 19.4 Å². The predicted octanol–water partition coefficient (Wildman–Crippen LogP) is 0.804. The molecule has 1 aromatic carbocycles. The smallest absolute Gasteiger partial charge is 0.344 e. The highest BCUT2D eigenvalue weighted by molar-refractivity contribution is 7.91. The lowest BCUT2D eigenvalue weighted by atomic mass is 10.3. The molecule has 1 heterocycles. The Morgan fingerprint density at radius 1 is 1.35 bits per heavy atom. The third-order valence-electron chi connectivity index (χ3n) is 2.89. The van der Waals surface area contributed by atoms with Crippen molar-refractivity contribution in [2.24, 2.45) is 0 Å². The lowest BCUT2D eigenvalue weighted by Gasteiger charge is -2.11. The van der Waals surface area contributed by atoms with Gasteiger partial charge in [-0.15, -0.1) is 0 Å². The topological polar surface area (TPSA) is 78.9 Å². The van der Waals surface area contributed by atoms with Crippen LogP contribution in [0.2, 0.25) is 0 Å². The summed E-state index contributed by atoms with van der Waals surface area (Å²) < 4.78 is 37.8. The second-order valence-corrected chi connectivity index (χ2v) is 6.71. The van der Waals surface area contributed by atoms with E-state index < -0.39 is 21.9 Å². The summed E-state index contributed by atoms with van der Waals surface area (Å²) in [7, 11) is -1.52. The van der Waals surface area contributed by atoms with Crippen LogP contribution in [0, 0.1) is 0 Å². The van der Waals surface area contributed by atoms with E-state index >= 15 is 0 Å². The molecule has 0 bridgehead atoms. The maximum Gasteiger partial charge on any atom is 0.344 e. The van der Waals surface area contributed by atoms with Crippen molar-refractivity contribution >= 4 is 15.8 Å². The first-order chi connectivity index (χ1) is 9.48. The number of carbonyl (C=O) groups is 1. The highest BCUT2D eigenvalue weighted by Crippen LogP contribution is 2.19. The van der Waals surface area contributed by atoms with Crippen molar-refractivity contribution in [3.05, 3.63) is 24.3 Å². The van der Waals surface area contributed by atoms with E-state index in [-0.39, 0.29) is 18.1 Å². The number of hydrogen-bond donors (Lipinski definition) is 0. The van der Waals surface area contributed by atoms with Crippen molar-refractivity contribution in [3.63, 3.8) is 0 Å². The van der Waals surface area contributed by atoms with E-state index in [2.05, 4.69) is 0 Å². The zero-order chi connectivity index (χ0) is 14.6. The second kappa shape index (κ2) is 6.13. The molecule has 110 valence electrons. The minimum absolute atomic E-state index is 0.0711. The molecule has 7 heteroatoms. The van der Waals surface area contributed by atoms with Gasteiger partial charge in [-0.25, -0.2) is 13.2 Å². The number of hydrogen-bond acceptors (Lipinski definition) is 6. The highest BCUT2D eigenvalue weighted by atomic mass is 32.2. The molecule has 1 aromatic rings. The average Bonchev–Trinajstić information content (AvgIpc) is 2.76. The third kappa shape index (κ3) is 4.12. The average molecular weight is 300 g/mol. The van der Waals surface area contributed by atoms with Crippen molar-refractivity contribution in [1.29, 1.82) is 0 Å². The van der Waals surface area contributed by atoms with Gasteiger partial charge in [0.2, 0.25) is 0 Å². The minimum atomic E-state index is -3.05. The quantitative estimate of drug-likeness (QED) is 0.749. The Labute approximate surface area is 117 Å². The van der Waals surface area contributed by atoms with Gasteiger partial charge in [0.25, 0.3) is 0 Å². The molecule has 6 nitrogen and oxygen atoms in total. The number of benzene rings is 1. The predicted molar refractivity (Wildman–Crippen MR) is 71.6 cm³/mol. The van der Waals surface area contributed by atoms with Crippen molar-refractivity contribution in [3.8, 4) is 11.5 Å². The van der Waals surface area contributed by atoms with E-state index in [4.69, 9.17) is 14.2 Å². The van der Waals surface area contributed by atoms with Gasteiger partial charge in [-0.1, -0.05) is 6.07 Å². The molecule has 0 aliphatic carbocycles. The fourth-order valence-corrected chi connectivity index (χ4v) is 3.50. The minimum Gasteiger partial charge on any atom is -0.497 e. The van der Waals surface area contributed by atoms with Gasteiger partial charge in [-0.2, -0.15) is 0 Å². The lowest BCUT2D eigenvalue weighted by molar-refractivity contribution is -0.150. The number of sulfone groups is 1. The zero-order valence-electron chi connectivity index (χ0n) is 11.1. The van der Waals surface area contributed by atoms with Gasteiger partial charge >= 0.3 is 5.97 Å². The monoisotopic (exact) mass is 300 g/mol. The largest absolute Gasteiger partial charge is 0.497 e. The fraction of sp³-hybridized carbons (Fsp3) is 0.462. The fourth-order valence-electron chi connectivity index (χ4n) is 1.91. The molecule has 1 aliphatic rings. The maximum absolute atomic E-state index is 11.6. The standard InChI is InChI=1S/C13H16O6S/c1-17-10-3-2-4-11(7-10)18-8-13(14)19-12-5-6-20(15,16)9-12/h2-4,7,12H,5-6,8-9H2,1H3. The second-order valence-electron chi connectivity index (χ2n) is 4.48. The van der Waals surface area contributed by atoms with E-state index in [1.807, 2.05) is 0 Å². The first-order valence-electron chi connectivity index (χ1n) is 6.15. The van der Waals surface area contributed by atoms with E-state index in [0.717, 1.165) is 0 Å². The van der Waals surface area contributed by atoms with Crippen molar-refractivity contribution < 1.29 is 27.4 Å². The number of rotatable bonds is 5. The molecule has 1 atom stereocenters. The Balaban J connectivity index is 1.80. The Morgan fingerprint density at radius 3 is 2.75 bits per heavy atom. The van der Waals surface area contributed by atoms with Crippen molar-refractivity contribution in [1.82, 2.24) is 0 Å². The molecule has 1 saturated heterocycles. The molecule has 0 amide bonds. The summed E-state index contributed by atoms with van der Waals surface area (Å²) in [5, 5.41) is 0. The summed E-state index contributed by atoms with van der Waals surface area (Å²) in [6, 6.07) is 6.83. The van der Waals surface area contributed by atoms with Gasteiger partial charge in [0.05, 0.1) is 18.6 Å². The number of methoxy groups -OCH3 is 1. The van der Waals surface area contributed by atoms with Crippen molar-refractivity contribution in [2.45, 2.75) is 12.5 Å². The van der Waals surface area contributed by atoms with E-state index in [1.165, 1.54) is 7.11 Å². The molecule has 0 saturated carbocycles. The third-order valence-corrected chi connectivity index (χ3v) is 4.62. The molecule has 20 heavy (non-hydrogen) atoms. The molecule has 2 rings (SSSR count). The number of ether oxygens (including phenoxy) is 3. The van der Waals surface area contributed by atoms with Crippen LogP contribution in [0.4, 0.5) is 0 Å². The van der Waals surface area contributed by atoms with Crippen LogP contribution in [0.1, 0.15) is 6.42 Å². The van der Waals surface area contributed by atoms with E-state index in [1.54, 1.807) is 24.3 Å². The zero-order valence-corrected chi connectivity index (χ0v) is 11.9. The molecule has 0 radical (unpaired) electrons. The summed E-state index contributed by atoms with van der Waals surface area (Å²) in [6.45, 7) is -0.260. The molecule has 1 unspecified atom stereocenters. The normalized spacial score (nSPS) is 20.4. The summed E-state index contributed by atoms with van der Waals surface area (Å²) in [5.41, 5.74) is 0. The van der Waals surface area contributed by atoms with Crippen LogP contribution in [0.3, 0.4) is 0 Å². The molecule has 0 spiro atoms. The van der Waals surface area contributed by atoms with Gasteiger partial charge < -0.3 is 14.2 Å². The van der Waals surface area contributed by atoms with Crippen LogP contribution in [0.15, 0.2) is 24.3 Å².